The van der Waals surface area contributed by atoms with Crippen LogP contribution in [0.15, 0.2) is 0 Å². The van der Waals surface area contributed by atoms with Crippen molar-refractivity contribution in [2.45, 2.75) is 469 Å². The van der Waals surface area contributed by atoms with Crippen LogP contribution in [-0.2, 0) is 0 Å². The quantitative estimate of drug-likeness (QED) is 0.120. The lowest BCUT2D eigenvalue weighted by atomic mass is 9.94. The first-order chi connectivity index (χ1) is 41.6. The third-order valence-electron chi connectivity index (χ3n) is 13.4. The minimum atomic E-state index is -3.99. The molecule has 0 aromatic carbocycles. The van der Waals surface area contributed by atoms with Gasteiger partial charge in [-0.05, 0) is 72.0 Å². The van der Waals surface area contributed by atoms with Gasteiger partial charge < -0.3 is 0 Å². The van der Waals surface area contributed by atoms with Gasteiger partial charge in [0.25, 0.3) is 0 Å². The molecule has 0 heterocycles. The highest BCUT2D eigenvalue weighted by Crippen LogP contribution is 2.28. The summed E-state index contributed by atoms with van der Waals surface area (Å²) in [5.41, 5.74) is 1.08. The summed E-state index contributed by atoms with van der Waals surface area (Å²) in [5.74, 6) is 3.13. The van der Waals surface area contributed by atoms with E-state index in [4.69, 9.17) is 0 Å². The maximum absolute atomic E-state index is 11.4. The van der Waals surface area contributed by atoms with E-state index in [1.165, 1.54) is 170 Å². The second kappa shape index (κ2) is 98.8. The molecule has 0 spiro atoms. The Kier molecular flexibility index (Phi) is 141. The molecule has 0 aliphatic rings. The molecule has 0 nitrogen and oxygen atoms in total. The summed E-state index contributed by atoms with van der Waals surface area (Å²) < 4.78 is 135. The van der Waals surface area contributed by atoms with Gasteiger partial charge >= 0.3 is 24.7 Å². The van der Waals surface area contributed by atoms with E-state index in [0.29, 0.717) is 10.8 Å². The highest BCUT2D eigenvalue weighted by Gasteiger charge is 2.34. The first-order valence-electron chi connectivity index (χ1n) is 37.8. The fourth-order valence-corrected chi connectivity index (χ4v) is 3.12. The largest absolute Gasteiger partial charge is 0.391 e. The molecule has 0 saturated heterocycles. The zero-order valence-corrected chi connectivity index (χ0v) is 70.5. The summed E-state index contributed by atoms with van der Waals surface area (Å²) in [7, 11) is 0. The molecule has 0 aromatic heterocycles. The van der Waals surface area contributed by atoms with Crippen LogP contribution in [-0.4, -0.2) is 24.7 Å². The second-order valence-electron chi connectivity index (χ2n) is 28.1. The highest BCUT2D eigenvalue weighted by molar-refractivity contribution is 4.59. The summed E-state index contributed by atoms with van der Waals surface area (Å²) in [5, 5.41) is 0. The third-order valence-corrected chi connectivity index (χ3v) is 13.4. The lowest BCUT2D eigenvalue weighted by Gasteiger charge is -2.12. The molecular formula is C80H180F12. The fourth-order valence-electron chi connectivity index (χ4n) is 3.12. The molecule has 0 bridgehead atoms. The first kappa shape index (κ1) is 131. The van der Waals surface area contributed by atoms with Crippen molar-refractivity contribution in [2.75, 3.05) is 0 Å². The number of halogens is 12. The zero-order valence-electron chi connectivity index (χ0n) is 70.5. The van der Waals surface area contributed by atoms with Gasteiger partial charge in [-0.2, -0.15) is 52.7 Å². The molecule has 2 unspecified atom stereocenters. The fraction of sp³-hybridized carbons (Fsp3) is 1.00. The Balaban J connectivity index is -0.0000000481. The first-order valence-corrected chi connectivity index (χ1v) is 37.8. The summed E-state index contributed by atoms with van der Waals surface area (Å²) in [4.78, 5) is 0. The molecular weight excluding hydrogens is 1190 g/mol. The normalized spacial score (nSPS) is 11.2. The highest BCUT2D eigenvalue weighted by atomic mass is 19.4. The Morgan fingerprint density at radius 3 is 0.413 bits per heavy atom. The Bertz CT molecular complexity index is 996. The van der Waals surface area contributed by atoms with Crippen LogP contribution < -0.4 is 0 Å². The van der Waals surface area contributed by atoms with E-state index >= 15 is 0 Å². The SMILES string of the molecule is CCC.CCC(C)(C)C.CCC(C)(C)C.CCC(C)C.CCC(C)C.CCC(C)C(F)(F)F.CCC(C)C(F)(F)F.CCC(C)CC.CCC(C)CC.CCCC.CCCC.CCCC(C)C.CCCC(C)C.CCCC(F)(F)F.CCCC(F)(F)F.CCCCC. The van der Waals surface area contributed by atoms with E-state index in [1.54, 1.807) is 0 Å². The molecule has 0 saturated carbocycles. The van der Waals surface area contributed by atoms with Crippen molar-refractivity contribution >= 4 is 0 Å². The van der Waals surface area contributed by atoms with Crippen molar-refractivity contribution in [3.05, 3.63) is 0 Å². The molecule has 2 atom stereocenters. The Hall–Kier alpha value is -0.840. The molecule has 0 aliphatic carbocycles. The standard InChI is InChI=1S/6C6H14.2C5H9F3.3C5H12.2C4H7F3.2C4H10.C3H8/c2*1-5-6(2,3)4;2*1-4-5-6(2)3;2*1-4-6(3)5-2;2*1-3-4(2)5(6,7)8;2*1-4-5(2)3;1-3-5-4-2;2*1-2-3-4(5,6)7;2*1-3-4-2;1-3-2/h2*5H2,1-4H3;4*6H,4-5H2,1-3H3;2*4H,3H2,1-2H3;2*5H,4H2,1-3H3;3-5H2,1-2H3;2*2-3H2,1H3;2*3-4H2,1-2H3;3H2,1-2H3. The number of alkyl halides is 12. The lowest BCUT2D eigenvalue weighted by molar-refractivity contribution is -0.170. The van der Waals surface area contributed by atoms with Gasteiger partial charge in [-0.1, -0.05) is 405 Å². The van der Waals surface area contributed by atoms with Crippen molar-refractivity contribution in [1.82, 2.24) is 0 Å². The average molecular weight is 1370 g/mol. The molecule has 0 radical (unpaired) electrons. The van der Waals surface area contributed by atoms with Crippen LogP contribution in [0, 0.1) is 58.2 Å². The maximum atomic E-state index is 11.4. The van der Waals surface area contributed by atoms with Crippen molar-refractivity contribution in [2.24, 2.45) is 58.2 Å². The second-order valence-corrected chi connectivity index (χ2v) is 28.1. The van der Waals surface area contributed by atoms with Crippen molar-refractivity contribution in [3.63, 3.8) is 0 Å². The monoisotopic (exact) mass is 1370 g/mol. The van der Waals surface area contributed by atoms with Gasteiger partial charge in [0.05, 0.1) is 11.8 Å². The average Bonchev–Trinajstić information content (AvgIpc) is 3.38. The zero-order chi connectivity index (χ0) is 78.0. The number of hydrogen-bond acceptors (Lipinski definition) is 0. The van der Waals surface area contributed by atoms with Gasteiger partial charge in [-0.15, -0.1) is 0 Å². The smallest absolute Gasteiger partial charge is 0.171 e. The van der Waals surface area contributed by atoms with E-state index < -0.39 is 49.4 Å². The van der Waals surface area contributed by atoms with Crippen LogP contribution >= 0.6 is 0 Å². The predicted molar refractivity (Wildman–Crippen MR) is 404 cm³/mol. The number of unbranched alkanes of at least 4 members (excludes halogenated alkanes) is 4. The molecule has 0 amide bonds. The van der Waals surface area contributed by atoms with Crippen LogP contribution in [0.5, 0.6) is 0 Å². The van der Waals surface area contributed by atoms with Gasteiger partial charge in [0.1, 0.15) is 0 Å². The molecule has 584 valence electrons. The molecule has 0 fully saturated rings. The molecule has 0 aliphatic heterocycles. The third kappa shape index (κ3) is 265. The predicted octanol–water partition coefficient (Wildman–Crippen LogP) is 35.9. The minimum absolute atomic E-state index is 0.170. The summed E-state index contributed by atoms with van der Waals surface area (Å²) in [6.07, 6.45) is 10.00. The maximum Gasteiger partial charge on any atom is 0.391 e. The van der Waals surface area contributed by atoms with Crippen LogP contribution in [0.1, 0.15) is 444 Å². The molecule has 12 heteroatoms. The summed E-state index contributed by atoms with van der Waals surface area (Å²) in [6.45, 7) is 83.9. The molecule has 0 N–H and O–H groups in total. The Labute approximate surface area is 577 Å². The summed E-state index contributed by atoms with van der Waals surface area (Å²) in [6, 6.07) is 0. The molecule has 92 heavy (non-hydrogen) atoms. The van der Waals surface area contributed by atoms with E-state index in [2.05, 4.69) is 235 Å². The molecule has 0 rings (SSSR count). The summed E-state index contributed by atoms with van der Waals surface area (Å²) >= 11 is 0. The number of rotatable bonds is 18. The minimum Gasteiger partial charge on any atom is -0.171 e. The number of hydrogen-bond donors (Lipinski definition) is 0. The van der Waals surface area contributed by atoms with E-state index in [-0.39, 0.29) is 25.7 Å². The van der Waals surface area contributed by atoms with Crippen molar-refractivity contribution in [1.29, 1.82) is 0 Å². The van der Waals surface area contributed by atoms with Crippen molar-refractivity contribution < 1.29 is 52.7 Å². The Morgan fingerprint density at radius 1 is 0.239 bits per heavy atom. The Morgan fingerprint density at radius 2 is 0.413 bits per heavy atom. The van der Waals surface area contributed by atoms with Gasteiger partial charge in [0.2, 0.25) is 0 Å². The van der Waals surface area contributed by atoms with E-state index in [9.17, 15) is 52.7 Å². The van der Waals surface area contributed by atoms with Crippen LogP contribution in [0.2, 0.25) is 0 Å². The lowest BCUT2D eigenvalue weighted by Crippen LogP contribution is -2.18. The van der Waals surface area contributed by atoms with Gasteiger partial charge in [0, 0.05) is 12.8 Å². The van der Waals surface area contributed by atoms with Gasteiger partial charge in [-0.25, -0.2) is 0 Å². The van der Waals surface area contributed by atoms with Crippen LogP contribution in [0.4, 0.5) is 52.7 Å². The van der Waals surface area contributed by atoms with E-state index in [0.717, 1.165) is 35.5 Å². The van der Waals surface area contributed by atoms with Crippen LogP contribution in [0.25, 0.3) is 0 Å². The van der Waals surface area contributed by atoms with E-state index in [1.807, 2.05) is 0 Å². The van der Waals surface area contributed by atoms with Crippen molar-refractivity contribution in [3.8, 4) is 0 Å². The van der Waals surface area contributed by atoms with Gasteiger partial charge in [-0.3, -0.25) is 0 Å². The van der Waals surface area contributed by atoms with Crippen LogP contribution in [0.3, 0.4) is 0 Å². The topological polar surface area (TPSA) is 0 Å². The molecule has 0 aromatic rings. The van der Waals surface area contributed by atoms with Gasteiger partial charge in [0.15, 0.2) is 0 Å².